The molecule has 0 saturated carbocycles. The van der Waals surface area contributed by atoms with Gasteiger partial charge in [0.25, 0.3) is 0 Å². The van der Waals surface area contributed by atoms with E-state index < -0.39 is 5.97 Å². The number of rotatable bonds is 2. The van der Waals surface area contributed by atoms with Crippen molar-refractivity contribution >= 4 is 22.6 Å². The zero-order valence-electron chi connectivity index (χ0n) is 10.5. The number of hydrogen-bond donors (Lipinski definition) is 1. The van der Waals surface area contributed by atoms with E-state index in [1.54, 1.807) is 19.3 Å². The van der Waals surface area contributed by atoms with Crippen LogP contribution in [0.1, 0.15) is 19.2 Å². The standard InChI is InChI=1S/C13H13N3O3/c1-2-19-13(18)11-10(17)4-6-16-9-3-5-14-7-8(9)15-12(11)16/h3,5,7,17H,2,4,6H2,1H3. The molecule has 0 spiro atoms. The molecule has 0 aromatic carbocycles. The molecule has 0 atom stereocenters. The minimum Gasteiger partial charge on any atom is -0.511 e. The first-order valence-electron chi connectivity index (χ1n) is 6.12. The topological polar surface area (TPSA) is 77.2 Å². The molecule has 1 N–H and O–H groups in total. The van der Waals surface area contributed by atoms with E-state index in [-0.39, 0.29) is 17.9 Å². The summed E-state index contributed by atoms with van der Waals surface area (Å²) in [6.07, 6.45) is 3.72. The van der Waals surface area contributed by atoms with Crippen LogP contribution in [0.3, 0.4) is 0 Å². The number of aliphatic hydroxyl groups is 1. The summed E-state index contributed by atoms with van der Waals surface area (Å²) in [7, 11) is 0. The zero-order valence-corrected chi connectivity index (χ0v) is 10.5. The molecule has 6 nitrogen and oxygen atoms in total. The number of ether oxygens (including phenoxy) is 1. The van der Waals surface area contributed by atoms with E-state index in [0.717, 1.165) is 5.52 Å². The maximum atomic E-state index is 11.9. The van der Waals surface area contributed by atoms with Gasteiger partial charge < -0.3 is 14.4 Å². The number of aromatic nitrogens is 3. The van der Waals surface area contributed by atoms with Crippen LogP contribution in [0.15, 0.2) is 24.2 Å². The molecule has 0 radical (unpaired) electrons. The molecule has 0 aliphatic carbocycles. The van der Waals surface area contributed by atoms with Crippen molar-refractivity contribution in [3.63, 3.8) is 0 Å². The van der Waals surface area contributed by atoms with E-state index in [9.17, 15) is 9.90 Å². The van der Waals surface area contributed by atoms with Crippen LogP contribution < -0.4 is 0 Å². The first-order chi connectivity index (χ1) is 9.22. The molecule has 2 aromatic heterocycles. The molecule has 19 heavy (non-hydrogen) atoms. The van der Waals surface area contributed by atoms with Gasteiger partial charge >= 0.3 is 5.97 Å². The van der Waals surface area contributed by atoms with Crippen LogP contribution in [0.5, 0.6) is 0 Å². The van der Waals surface area contributed by atoms with E-state index in [1.807, 2.05) is 10.6 Å². The number of fused-ring (bicyclic) bond motifs is 3. The van der Waals surface area contributed by atoms with Gasteiger partial charge in [-0.1, -0.05) is 0 Å². The van der Waals surface area contributed by atoms with Gasteiger partial charge in [0.05, 0.1) is 18.3 Å². The first kappa shape index (κ1) is 11.7. The number of nitrogens with zero attached hydrogens (tertiary/aromatic N) is 3. The Morgan fingerprint density at radius 2 is 2.42 bits per heavy atom. The van der Waals surface area contributed by atoms with Crippen LogP contribution in [0.4, 0.5) is 0 Å². The maximum Gasteiger partial charge on any atom is 0.345 e. The highest BCUT2D eigenvalue weighted by Gasteiger charge is 2.28. The molecule has 3 heterocycles. The lowest BCUT2D eigenvalue weighted by molar-refractivity contribution is -0.136. The van der Waals surface area contributed by atoms with E-state index in [0.29, 0.717) is 24.3 Å². The van der Waals surface area contributed by atoms with Gasteiger partial charge in [0, 0.05) is 19.2 Å². The Labute approximate surface area is 109 Å². The Kier molecular flexibility index (Phi) is 2.70. The molecule has 2 aromatic rings. The first-order valence-corrected chi connectivity index (χ1v) is 6.12. The van der Waals surface area contributed by atoms with E-state index in [4.69, 9.17) is 4.74 Å². The summed E-state index contributed by atoms with van der Waals surface area (Å²) in [5.74, 6) is -0.0522. The number of aryl methyl sites for hydroxylation is 1. The number of carbonyl (C=O) groups is 1. The van der Waals surface area contributed by atoms with Crippen LogP contribution >= 0.6 is 0 Å². The minimum absolute atomic E-state index is 0.0363. The molecule has 0 bridgehead atoms. The third-order valence-corrected chi connectivity index (χ3v) is 3.11. The molecular formula is C13H13N3O3. The van der Waals surface area contributed by atoms with Gasteiger partial charge in [0.1, 0.15) is 16.8 Å². The predicted octanol–water partition coefficient (Wildman–Crippen LogP) is 1.67. The number of pyridine rings is 1. The van der Waals surface area contributed by atoms with Crippen LogP contribution in [0, 0.1) is 0 Å². The van der Waals surface area contributed by atoms with Gasteiger partial charge in [-0.3, -0.25) is 4.98 Å². The van der Waals surface area contributed by atoms with Gasteiger partial charge in [-0.15, -0.1) is 0 Å². The number of carbonyl (C=O) groups excluding carboxylic acids is 1. The number of aliphatic hydroxyl groups excluding tert-OH is 1. The highest BCUT2D eigenvalue weighted by molar-refractivity contribution is 6.16. The lowest BCUT2D eigenvalue weighted by atomic mass is 10.1. The summed E-state index contributed by atoms with van der Waals surface area (Å²) in [5, 5.41) is 9.95. The second-order valence-electron chi connectivity index (χ2n) is 4.24. The van der Waals surface area contributed by atoms with Gasteiger partial charge in [-0.25, -0.2) is 9.78 Å². The molecule has 6 heteroatoms. The van der Waals surface area contributed by atoms with Crippen molar-refractivity contribution < 1.29 is 14.6 Å². The Bertz CT molecular complexity index is 687. The van der Waals surface area contributed by atoms with Crippen molar-refractivity contribution in [2.24, 2.45) is 0 Å². The number of imidazole rings is 1. The molecular weight excluding hydrogens is 246 g/mol. The maximum absolute atomic E-state index is 11.9. The summed E-state index contributed by atoms with van der Waals surface area (Å²) in [5.41, 5.74) is 1.76. The largest absolute Gasteiger partial charge is 0.511 e. The summed E-state index contributed by atoms with van der Waals surface area (Å²) in [6.45, 7) is 2.58. The summed E-state index contributed by atoms with van der Waals surface area (Å²) < 4.78 is 6.88. The number of hydrogen-bond acceptors (Lipinski definition) is 5. The van der Waals surface area contributed by atoms with Crippen LogP contribution in [-0.2, 0) is 16.1 Å². The van der Waals surface area contributed by atoms with E-state index in [1.165, 1.54) is 0 Å². The Morgan fingerprint density at radius 3 is 3.21 bits per heavy atom. The monoisotopic (exact) mass is 259 g/mol. The summed E-state index contributed by atoms with van der Waals surface area (Å²) in [4.78, 5) is 20.3. The summed E-state index contributed by atoms with van der Waals surface area (Å²) >= 11 is 0. The van der Waals surface area contributed by atoms with Crippen molar-refractivity contribution in [1.82, 2.24) is 14.5 Å². The van der Waals surface area contributed by atoms with E-state index in [2.05, 4.69) is 9.97 Å². The fourth-order valence-corrected chi connectivity index (χ4v) is 2.28. The smallest absolute Gasteiger partial charge is 0.345 e. The zero-order chi connectivity index (χ0) is 13.4. The van der Waals surface area contributed by atoms with Crippen LogP contribution in [0.2, 0.25) is 0 Å². The summed E-state index contributed by atoms with van der Waals surface area (Å²) in [6, 6.07) is 1.84. The lowest BCUT2D eigenvalue weighted by Crippen LogP contribution is -2.19. The van der Waals surface area contributed by atoms with Gasteiger partial charge in [-0.05, 0) is 13.0 Å². The van der Waals surface area contributed by atoms with Crippen molar-refractivity contribution in [3.05, 3.63) is 30.0 Å². The molecule has 0 amide bonds. The Balaban J connectivity index is 2.19. The van der Waals surface area contributed by atoms with Gasteiger partial charge in [0.2, 0.25) is 0 Å². The third-order valence-electron chi connectivity index (χ3n) is 3.11. The molecule has 98 valence electrons. The SMILES string of the molecule is CCOC(=O)C1=C(O)CCn2c1nc1cnccc12. The highest BCUT2D eigenvalue weighted by Crippen LogP contribution is 2.29. The third kappa shape index (κ3) is 1.76. The molecule has 1 aliphatic rings. The molecule has 0 saturated heterocycles. The van der Waals surface area contributed by atoms with Crippen molar-refractivity contribution in [3.8, 4) is 0 Å². The fraction of sp³-hybridized carbons (Fsp3) is 0.308. The second-order valence-corrected chi connectivity index (χ2v) is 4.24. The Morgan fingerprint density at radius 1 is 1.58 bits per heavy atom. The normalized spacial score (nSPS) is 14.6. The fourth-order valence-electron chi connectivity index (χ4n) is 2.28. The second kappa shape index (κ2) is 4.38. The Hall–Kier alpha value is -2.37. The minimum atomic E-state index is -0.538. The van der Waals surface area contributed by atoms with Crippen LogP contribution in [-0.4, -0.2) is 32.2 Å². The van der Waals surface area contributed by atoms with Gasteiger partial charge in [-0.2, -0.15) is 0 Å². The predicted molar refractivity (Wildman–Crippen MR) is 68.3 cm³/mol. The van der Waals surface area contributed by atoms with Crippen LogP contribution in [0.25, 0.3) is 16.6 Å². The van der Waals surface area contributed by atoms with Crippen molar-refractivity contribution in [2.75, 3.05) is 6.61 Å². The number of allylic oxidation sites excluding steroid dienone is 1. The quantitative estimate of drug-likeness (QED) is 0.830. The average molecular weight is 259 g/mol. The highest BCUT2D eigenvalue weighted by atomic mass is 16.5. The molecule has 3 rings (SSSR count). The molecule has 1 aliphatic heterocycles. The van der Waals surface area contributed by atoms with E-state index >= 15 is 0 Å². The van der Waals surface area contributed by atoms with Crippen molar-refractivity contribution in [1.29, 1.82) is 0 Å². The lowest BCUT2D eigenvalue weighted by Gasteiger charge is -2.17. The van der Waals surface area contributed by atoms with Gasteiger partial charge in [0.15, 0.2) is 5.82 Å². The molecule has 0 unspecified atom stereocenters. The van der Waals surface area contributed by atoms with Crippen molar-refractivity contribution in [2.45, 2.75) is 19.9 Å². The number of esters is 1. The molecule has 0 fully saturated rings. The average Bonchev–Trinajstić information content (AvgIpc) is 2.76.